The van der Waals surface area contributed by atoms with Gasteiger partial charge < -0.3 is 0 Å². The summed E-state index contributed by atoms with van der Waals surface area (Å²) in [6.07, 6.45) is 0.279. The average molecular weight is 183 g/mol. The number of hydrogen-bond acceptors (Lipinski definition) is 2. The van der Waals surface area contributed by atoms with Crippen molar-refractivity contribution in [3.63, 3.8) is 0 Å². The van der Waals surface area contributed by atoms with Crippen LogP contribution < -0.4 is 0 Å². The summed E-state index contributed by atoms with van der Waals surface area (Å²) in [5.74, 6) is -0.545. The second-order valence-corrected chi connectivity index (χ2v) is 2.85. The van der Waals surface area contributed by atoms with E-state index in [1.165, 1.54) is 6.07 Å². The molecule has 0 radical (unpaired) electrons. The zero-order valence-electron chi connectivity index (χ0n) is 6.50. The zero-order chi connectivity index (χ0) is 9.14. The highest BCUT2D eigenvalue weighted by Crippen LogP contribution is 2.16. The summed E-state index contributed by atoms with van der Waals surface area (Å²) in [4.78, 5) is 21.0. The topological polar surface area (TPSA) is 34.1 Å². The molecule has 2 nitrogen and oxygen atoms in total. The van der Waals surface area contributed by atoms with E-state index in [4.69, 9.17) is 11.6 Å². The van der Waals surface area contributed by atoms with Gasteiger partial charge in [0, 0.05) is 10.6 Å². The van der Waals surface area contributed by atoms with Gasteiger partial charge in [-0.15, -0.1) is 0 Å². The summed E-state index contributed by atoms with van der Waals surface area (Å²) >= 11 is 5.75. The van der Waals surface area contributed by atoms with Crippen molar-refractivity contribution in [2.24, 2.45) is 0 Å². The van der Waals surface area contributed by atoms with E-state index < -0.39 is 5.78 Å². The highest BCUT2D eigenvalue weighted by molar-refractivity contribution is 6.35. The molecule has 0 aliphatic heterocycles. The first kappa shape index (κ1) is 8.94. The van der Waals surface area contributed by atoms with Gasteiger partial charge >= 0.3 is 0 Å². The summed E-state index contributed by atoms with van der Waals surface area (Å²) in [7, 11) is 0. The van der Waals surface area contributed by atoms with Crippen LogP contribution in [0.4, 0.5) is 0 Å². The summed E-state index contributed by atoms with van der Waals surface area (Å²) in [5.41, 5.74) is 1.22. The molecule has 0 amide bonds. The second kappa shape index (κ2) is 3.50. The minimum Gasteiger partial charge on any atom is -0.294 e. The molecule has 0 spiro atoms. The second-order valence-electron chi connectivity index (χ2n) is 2.45. The lowest BCUT2D eigenvalue weighted by atomic mass is 10.1. The van der Waals surface area contributed by atoms with Crippen LogP contribution in [0.25, 0.3) is 0 Å². The Morgan fingerprint density at radius 2 is 2.17 bits per heavy atom. The molecular weight excluding hydrogens is 176 g/mol. The van der Waals surface area contributed by atoms with Gasteiger partial charge in [0.2, 0.25) is 5.78 Å². The fourth-order valence-electron chi connectivity index (χ4n) is 0.814. The SMILES string of the molecule is Cc1ccc(C(=O)C=O)cc1Cl. The molecule has 0 bridgehead atoms. The van der Waals surface area contributed by atoms with Crippen molar-refractivity contribution in [1.29, 1.82) is 0 Å². The van der Waals surface area contributed by atoms with Crippen LogP contribution in [0, 0.1) is 6.92 Å². The van der Waals surface area contributed by atoms with E-state index in [0.29, 0.717) is 10.6 Å². The number of aldehydes is 1. The van der Waals surface area contributed by atoms with Gasteiger partial charge in [0.25, 0.3) is 0 Å². The van der Waals surface area contributed by atoms with Gasteiger partial charge in [-0.05, 0) is 18.6 Å². The summed E-state index contributed by atoms with van der Waals surface area (Å²) in [5, 5.41) is 0.503. The fraction of sp³-hybridized carbons (Fsp3) is 0.111. The Bertz CT molecular complexity index is 331. The van der Waals surface area contributed by atoms with Gasteiger partial charge in [0.15, 0.2) is 6.29 Å². The molecule has 0 aliphatic rings. The number of halogens is 1. The van der Waals surface area contributed by atoms with Crippen LogP contribution in [0.3, 0.4) is 0 Å². The molecule has 62 valence electrons. The molecule has 1 aromatic rings. The van der Waals surface area contributed by atoms with Crippen LogP contribution in [-0.4, -0.2) is 12.1 Å². The maximum absolute atomic E-state index is 10.9. The van der Waals surface area contributed by atoms with Gasteiger partial charge in [-0.25, -0.2) is 0 Å². The number of hydrogen-bond donors (Lipinski definition) is 0. The van der Waals surface area contributed by atoms with Crippen molar-refractivity contribution in [3.8, 4) is 0 Å². The smallest absolute Gasteiger partial charge is 0.225 e. The Balaban J connectivity index is 3.13. The van der Waals surface area contributed by atoms with Crippen molar-refractivity contribution < 1.29 is 9.59 Å². The maximum Gasteiger partial charge on any atom is 0.225 e. The Morgan fingerprint density at radius 1 is 1.50 bits per heavy atom. The molecule has 1 aromatic carbocycles. The first-order chi connectivity index (χ1) is 5.65. The molecular formula is C9H7ClO2. The quantitative estimate of drug-likeness (QED) is 0.399. The van der Waals surface area contributed by atoms with Crippen molar-refractivity contribution in [1.82, 2.24) is 0 Å². The van der Waals surface area contributed by atoms with Crippen LogP contribution in [0.1, 0.15) is 15.9 Å². The van der Waals surface area contributed by atoms with Gasteiger partial charge in [0.05, 0.1) is 0 Å². The monoisotopic (exact) mass is 182 g/mol. The standard InChI is InChI=1S/C9H7ClO2/c1-6-2-3-7(4-8(6)10)9(12)5-11/h2-5H,1H3. The highest BCUT2D eigenvalue weighted by Gasteiger charge is 2.04. The summed E-state index contributed by atoms with van der Waals surface area (Å²) in [6, 6.07) is 4.78. The van der Waals surface area contributed by atoms with Crippen LogP contribution >= 0.6 is 11.6 Å². The van der Waals surface area contributed by atoms with Crippen LogP contribution in [0.15, 0.2) is 18.2 Å². The molecule has 3 heteroatoms. The van der Waals surface area contributed by atoms with E-state index in [0.717, 1.165) is 5.56 Å². The molecule has 0 unspecified atom stereocenters. The van der Waals surface area contributed by atoms with Crippen molar-refractivity contribution in [3.05, 3.63) is 34.3 Å². The third-order valence-electron chi connectivity index (χ3n) is 1.56. The Labute approximate surface area is 75.2 Å². The van der Waals surface area contributed by atoms with E-state index >= 15 is 0 Å². The number of Topliss-reactive ketones (excluding diaryl/α,β-unsaturated/α-hetero) is 1. The number of carbonyl (C=O) groups is 2. The highest BCUT2D eigenvalue weighted by atomic mass is 35.5. The van der Waals surface area contributed by atoms with Crippen LogP contribution in [0.2, 0.25) is 5.02 Å². The van der Waals surface area contributed by atoms with Crippen molar-refractivity contribution in [2.45, 2.75) is 6.92 Å². The first-order valence-electron chi connectivity index (χ1n) is 3.41. The van der Waals surface area contributed by atoms with E-state index in [1.54, 1.807) is 12.1 Å². The number of carbonyl (C=O) groups excluding carboxylic acids is 2. The van der Waals surface area contributed by atoms with Gasteiger partial charge in [-0.3, -0.25) is 9.59 Å². The molecule has 0 heterocycles. The maximum atomic E-state index is 10.9. The predicted octanol–water partition coefficient (Wildman–Crippen LogP) is 2.03. The fourth-order valence-corrected chi connectivity index (χ4v) is 0.995. The third kappa shape index (κ3) is 1.71. The number of rotatable bonds is 2. The predicted molar refractivity (Wildman–Crippen MR) is 46.6 cm³/mol. The van der Waals surface area contributed by atoms with Crippen LogP contribution in [-0.2, 0) is 4.79 Å². The largest absolute Gasteiger partial charge is 0.294 e. The Hall–Kier alpha value is -1.15. The molecule has 0 saturated carbocycles. The number of benzene rings is 1. The van der Waals surface area contributed by atoms with Gasteiger partial charge in [0.1, 0.15) is 0 Å². The molecule has 0 N–H and O–H groups in total. The lowest BCUT2D eigenvalue weighted by Crippen LogP contribution is -1.99. The normalized spacial score (nSPS) is 9.50. The summed E-state index contributed by atoms with van der Waals surface area (Å²) in [6.45, 7) is 1.83. The Kier molecular flexibility index (Phi) is 2.61. The molecule has 1 rings (SSSR count). The van der Waals surface area contributed by atoms with Crippen molar-refractivity contribution >= 4 is 23.7 Å². The van der Waals surface area contributed by atoms with E-state index in [-0.39, 0.29) is 6.29 Å². The minimum atomic E-state index is -0.545. The third-order valence-corrected chi connectivity index (χ3v) is 1.97. The van der Waals surface area contributed by atoms with Gasteiger partial charge in [-0.1, -0.05) is 23.7 Å². The Morgan fingerprint density at radius 3 is 2.67 bits per heavy atom. The first-order valence-corrected chi connectivity index (χ1v) is 3.78. The van der Waals surface area contributed by atoms with Crippen LogP contribution in [0.5, 0.6) is 0 Å². The zero-order valence-corrected chi connectivity index (χ0v) is 7.26. The summed E-state index contributed by atoms with van der Waals surface area (Å²) < 4.78 is 0. The molecule has 0 aromatic heterocycles. The number of ketones is 1. The molecule has 0 aliphatic carbocycles. The molecule has 0 fully saturated rings. The average Bonchev–Trinajstić information content (AvgIpc) is 2.08. The lowest BCUT2D eigenvalue weighted by molar-refractivity contribution is -0.104. The van der Waals surface area contributed by atoms with Gasteiger partial charge in [-0.2, -0.15) is 0 Å². The minimum absolute atomic E-state index is 0.279. The lowest BCUT2D eigenvalue weighted by Gasteiger charge is -1.98. The molecule has 0 saturated heterocycles. The van der Waals surface area contributed by atoms with E-state index in [2.05, 4.69) is 0 Å². The molecule has 12 heavy (non-hydrogen) atoms. The van der Waals surface area contributed by atoms with E-state index in [1.807, 2.05) is 6.92 Å². The van der Waals surface area contributed by atoms with E-state index in [9.17, 15) is 9.59 Å². The molecule has 0 atom stereocenters. The number of aryl methyl sites for hydroxylation is 1. The van der Waals surface area contributed by atoms with Crippen molar-refractivity contribution in [2.75, 3.05) is 0 Å².